The van der Waals surface area contributed by atoms with Crippen molar-refractivity contribution in [3.63, 3.8) is 0 Å². The van der Waals surface area contributed by atoms with Crippen molar-refractivity contribution in [3.8, 4) is 0 Å². The zero-order valence-corrected chi connectivity index (χ0v) is 14.6. The van der Waals surface area contributed by atoms with Crippen molar-refractivity contribution in [3.05, 3.63) is 29.3 Å². The second-order valence-electron chi connectivity index (χ2n) is 6.89. The van der Waals surface area contributed by atoms with Crippen molar-refractivity contribution in [2.75, 3.05) is 50.7 Å². The second-order valence-corrected chi connectivity index (χ2v) is 6.89. The number of benzene rings is 1. The fourth-order valence-corrected chi connectivity index (χ4v) is 3.67. The van der Waals surface area contributed by atoms with Crippen molar-refractivity contribution in [1.82, 2.24) is 9.80 Å². The quantitative estimate of drug-likeness (QED) is 0.854. The summed E-state index contributed by atoms with van der Waals surface area (Å²) in [6, 6.07) is 6.56. The first-order chi connectivity index (χ1) is 11.1. The maximum absolute atomic E-state index is 12.1. The Morgan fingerprint density at radius 3 is 2.39 bits per heavy atom. The van der Waals surface area contributed by atoms with Crippen LogP contribution in [0.4, 0.5) is 5.69 Å². The molecule has 3 rings (SSSR count). The fraction of sp³-hybridized carbons (Fsp3) is 0.632. The molecule has 0 N–H and O–H groups in total. The summed E-state index contributed by atoms with van der Waals surface area (Å²) in [4.78, 5) is 19.1. The number of nitrogens with zero attached hydrogens (tertiary/aromatic N) is 3. The highest BCUT2D eigenvalue weighted by molar-refractivity contribution is 5.76. The minimum absolute atomic E-state index is 0.347. The lowest BCUT2D eigenvalue weighted by Gasteiger charge is -2.37. The summed E-state index contributed by atoms with van der Waals surface area (Å²) in [6.07, 6.45) is 3.05. The molecular weight excluding hydrogens is 286 g/mol. The van der Waals surface area contributed by atoms with Crippen molar-refractivity contribution in [1.29, 1.82) is 0 Å². The van der Waals surface area contributed by atoms with Crippen LogP contribution in [0.2, 0.25) is 0 Å². The minimum Gasteiger partial charge on any atom is -0.369 e. The van der Waals surface area contributed by atoms with Gasteiger partial charge in [-0.25, -0.2) is 0 Å². The lowest BCUT2D eigenvalue weighted by atomic mass is 10.1. The van der Waals surface area contributed by atoms with Crippen molar-refractivity contribution >= 4 is 11.6 Å². The van der Waals surface area contributed by atoms with E-state index in [1.807, 2.05) is 4.90 Å². The molecule has 1 aromatic carbocycles. The Hall–Kier alpha value is -1.55. The molecular formula is C19H29N3O. The molecule has 0 unspecified atom stereocenters. The summed E-state index contributed by atoms with van der Waals surface area (Å²) in [5.41, 5.74) is 4.13. The third-order valence-corrected chi connectivity index (χ3v) is 5.39. The van der Waals surface area contributed by atoms with E-state index in [9.17, 15) is 4.79 Å². The molecule has 2 saturated heterocycles. The lowest BCUT2D eigenvalue weighted by molar-refractivity contribution is -0.130. The van der Waals surface area contributed by atoms with Crippen LogP contribution in [0, 0.1) is 13.8 Å². The highest BCUT2D eigenvalue weighted by Crippen LogP contribution is 2.23. The van der Waals surface area contributed by atoms with Gasteiger partial charge in [0.15, 0.2) is 0 Å². The molecule has 0 radical (unpaired) electrons. The standard InChI is InChI=1S/C19H29N3O/c1-16-6-5-7-18(17(16)2)21-14-12-20(13-15-21)11-8-19(23)22-9-3-4-10-22/h5-7H,3-4,8-15H2,1-2H3. The normalized spacial score (nSPS) is 19.4. The van der Waals surface area contributed by atoms with E-state index >= 15 is 0 Å². The van der Waals surface area contributed by atoms with Crippen LogP contribution in [0.3, 0.4) is 0 Å². The summed E-state index contributed by atoms with van der Waals surface area (Å²) in [6.45, 7) is 11.5. The van der Waals surface area contributed by atoms with Gasteiger partial charge in [0, 0.05) is 57.9 Å². The third-order valence-electron chi connectivity index (χ3n) is 5.39. The Labute approximate surface area is 140 Å². The van der Waals surface area contributed by atoms with Gasteiger partial charge in [-0.15, -0.1) is 0 Å². The van der Waals surface area contributed by atoms with Crippen LogP contribution in [0.1, 0.15) is 30.4 Å². The largest absolute Gasteiger partial charge is 0.369 e. The van der Waals surface area contributed by atoms with Gasteiger partial charge in [0.2, 0.25) is 5.91 Å². The topological polar surface area (TPSA) is 26.8 Å². The highest BCUT2D eigenvalue weighted by atomic mass is 16.2. The van der Waals surface area contributed by atoms with Crippen molar-refractivity contribution < 1.29 is 4.79 Å². The molecule has 0 atom stereocenters. The van der Waals surface area contributed by atoms with E-state index in [0.717, 1.165) is 45.8 Å². The molecule has 2 aliphatic heterocycles. The Morgan fingerprint density at radius 2 is 1.70 bits per heavy atom. The van der Waals surface area contributed by atoms with Crippen molar-refractivity contribution in [2.45, 2.75) is 33.1 Å². The number of piperazine rings is 1. The maximum atomic E-state index is 12.1. The van der Waals surface area contributed by atoms with E-state index in [-0.39, 0.29) is 0 Å². The average Bonchev–Trinajstić information content (AvgIpc) is 3.10. The van der Waals surface area contributed by atoms with Crippen LogP contribution in [-0.4, -0.2) is 61.5 Å². The van der Waals surface area contributed by atoms with Crippen LogP contribution in [0.5, 0.6) is 0 Å². The van der Waals surface area contributed by atoms with E-state index in [1.54, 1.807) is 0 Å². The molecule has 2 fully saturated rings. The van der Waals surface area contributed by atoms with Gasteiger partial charge in [-0.05, 0) is 43.9 Å². The number of likely N-dealkylation sites (tertiary alicyclic amines) is 1. The number of anilines is 1. The Morgan fingerprint density at radius 1 is 1.00 bits per heavy atom. The molecule has 4 nitrogen and oxygen atoms in total. The Balaban J connectivity index is 1.46. The maximum Gasteiger partial charge on any atom is 0.223 e. The number of carbonyl (C=O) groups is 1. The molecule has 0 bridgehead atoms. The zero-order valence-electron chi connectivity index (χ0n) is 14.6. The molecule has 4 heteroatoms. The minimum atomic E-state index is 0.347. The molecule has 2 aliphatic rings. The molecule has 1 aromatic rings. The van der Waals surface area contributed by atoms with E-state index in [1.165, 1.54) is 29.7 Å². The SMILES string of the molecule is Cc1cccc(N2CCN(CCC(=O)N3CCCC3)CC2)c1C. The zero-order chi connectivity index (χ0) is 16.2. The van der Waals surface area contributed by atoms with Gasteiger partial charge in [-0.2, -0.15) is 0 Å². The third kappa shape index (κ3) is 3.86. The number of rotatable bonds is 4. The van der Waals surface area contributed by atoms with Crippen LogP contribution < -0.4 is 4.90 Å². The predicted octanol–water partition coefficient (Wildman–Crippen LogP) is 2.44. The number of hydrogen-bond donors (Lipinski definition) is 0. The van der Waals surface area contributed by atoms with E-state index < -0.39 is 0 Å². The Bertz CT molecular complexity index is 544. The number of carbonyl (C=O) groups excluding carboxylic acids is 1. The second kappa shape index (κ2) is 7.35. The molecule has 0 aromatic heterocycles. The van der Waals surface area contributed by atoms with Crippen LogP contribution in [-0.2, 0) is 4.79 Å². The average molecular weight is 315 g/mol. The summed E-state index contributed by atoms with van der Waals surface area (Å²) in [5.74, 6) is 0.347. The van der Waals surface area contributed by atoms with Crippen LogP contribution >= 0.6 is 0 Å². The highest BCUT2D eigenvalue weighted by Gasteiger charge is 2.21. The lowest BCUT2D eigenvalue weighted by Crippen LogP contribution is -2.47. The van der Waals surface area contributed by atoms with Gasteiger partial charge in [-0.1, -0.05) is 12.1 Å². The number of hydrogen-bond acceptors (Lipinski definition) is 3. The molecule has 126 valence electrons. The van der Waals surface area contributed by atoms with Gasteiger partial charge in [0.05, 0.1) is 0 Å². The molecule has 1 amide bonds. The predicted molar refractivity (Wildman–Crippen MR) is 95.0 cm³/mol. The van der Waals surface area contributed by atoms with E-state index in [4.69, 9.17) is 0 Å². The molecule has 0 saturated carbocycles. The molecule has 0 aliphatic carbocycles. The van der Waals surface area contributed by atoms with Gasteiger partial charge in [-0.3, -0.25) is 9.69 Å². The summed E-state index contributed by atoms with van der Waals surface area (Å²) < 4.78 is 0. The summed E-state index contributed by atoms with van der Waals surface area (Å²) >= 11 is 0. The van der Waals surface area contributed by atoms with Crippen molar-refractivity contribution in [2.24, 2.45) is 0 Å². The van der Waals surface area contributed by atoms with E-state index in [2.05, 4.69) is 41.8 Å². The smallest absolute Gasteiger partial charge is 0.223 e. The first kappa shape index (κ1) is 16.3. The Kier molecular flexibility index (Phi) is 5.21. The molecule has 0 spiro atoms. The van der Waals surface area contributed by atoms with Crippen LogP contribution in [0.25, 0.3) is 0 Å². The van der Waals surface area contributed by atoms with Gasteiger partial charge in [0.25, 0.3) is 0 Å². The first-order valence-corrected chi connectivity index (χ1v) is 8.96. The van der Waals surface area contributed by atoms with E-state index in [0.29, 0.717) is 12.3 Å². The fourth-order valence-electron chi connectivity index (χ4n) is 3.67. The first-order valence-electron chi connectivity index (χ1n) is 8.96. The number of amides is 1. The van der Waals surface area contributed by atoms with Gasteiger partial charge in [0.1, 0.15) is 0 Å². The monoisotopic (exact) mass is 315 g/mol. The molecule has 2 heterocycles. The summed E-state index contributed by atoms with van der Waals surface area (Å²) in [7, 11) is 0. The number of aryl methyl sites for hydroxylation is 1. The summed E-state index contributed by atoms with van der Waals surface area (Å²) in [5, 5.41) is 0. The molecule has 23 heavy (non-hydrogen) atoms. The van der Waals surface area contributed by atoms with Crippen LogP contribution in [0.15, 0.2) is 18.2 Å². The van der Waals surface area contributed by atoms with Gasteiger partial charge >= 0.3 is 0 Å². The van der Waals surface area contributed by atoms with Gasteiger partial charge < -0.3 is 9.80 Å².